The molecule has 0 saturated heterocycles. The first kappa shape index (κ1) is 15.4. The van der Waals surface area contributed by atoms with Crippen LogP contribution in [0.1, 0.15) is 46.5 Å². The lowest BCUT2D eigenvalue weighted by molar-refractivity contribution is -0.132. The molecule has 0 aromatic carbocycles. The smallest absolute Gasteiger partial charge is 0.224 e. The van der Waals surface area contributed by atoms with E-state index in [9.17, 15) is 4.79 Å². The molecule has 1 atom stereocenters. The molecule has 1 unspecified atom stereocenters. The maximum Gasteiger partial charge on any atom is 0.224 e. The predicted octanol–water partition coefficient (Wildman–Crippen LogP) is 2.70. The van der Waals surface area contributed by atoms with Crippen molar-refractivity contribution in [2.24, 2.45) is 5.92 Å². The molecule has 0 bridgehead atoms. The van der Waals surface area contributed by atoms with Gasteiger partial charge in [0.2, 0.25) is 5.91 Å². The minimum absolute atomic E-state index is 0.229. The zero-order valence-corrected chi connectivity index (χ0v) is 11.3. The van der Waals surface area contributed by atoms with Gasteiger partial charge in [-0.15, -0.1) is 0 Å². The van der Waals surface area contributed by atoms with E-state index in [1.54, 1.807) is 7.11 Å². The summed E-state index contributed by atoms with van der Waals surface area (Å²) in [6.07, 6.45) is 3.83. The van der Waals surface area contributed by atoms with Gasteiger partial charge in [0.05, 0.1) is 13.0 Å². The summed E-state index contributed by atoms with van der Waals surface area (Å²) in [5, 5.41) is 0. The fourth-order valence-corrected chi connectivity index (χ4v) is 1.56. The zero-order valence-electron chi connectivity index (χ0n) is 11.3. The summed E-state index contributed by atoms with van der Waals surface area (Å²) in [6.45, 7) is 8.85. The summed E-state index contributed by atoms with van der Waals surface area (Å²) in [4.78, 5) is 13.8. The van der Waals surface area contributed by atoms with Crippen LogP contribution in [-0.4, -0.2) is 37.6 Å². The Balaban J connectivity index is 3.99. The SMILES string of the molecule is CCCN(CCC(C)CC)C(=O)CCOC. The molecule has 0 fully saturated rings. The highest BCUT2D eigenvalue weighted by Gasteiger charge is 2.12. The van der Waals surface area contributed by atoms with Crippen molar-refractivity contribution in [1.29, 1.82) is 0 Å². The van der Waals surface area contributed by atoms with E-state index < -0.39 is 0 Å². The van der Waals surface area contributed by atoms with Gasteiger partial charge in [0, 0.05) is 20.2 Å². The maximum atomic E-state index is 11.8. The molecule has 0 spiro atoms. The van der Waals surface area contributed by atoms with Gasteiger partial charge in [-0.2, -0.15) is 0 Å². The Morgan fingerprint density at radius 3 is 2.50 bits per heavy atom. The Hall–Kier alpha value is -0.570. The third-order valence-corrected chi connectivity index (χ3v) is 2.96. The van der Waals surface area contributed by atoms with Gasteiger partial charge in [0.25, 0.3) is 0 Å². The van der Waals surface area contributed by atoms with Gasteiger partial charge in [0.1, 0.15) is 0 Å². The summed E-state index contributed by atoms with van der Waals surface area (Å²) in [6, 6.07) is 0. The summed E-state index contributed by atoms with van der Waals surface area (Å²) < 4.78 is 4.94. The Labute approximate surface area is 100 Å². The summed E-state index contributed by atoms with van der Waals surface area (Å²) in [5.74, 6) is 0.932. The maximum absolute atomic E-state index is 11.8. The normalized spacial score (nSPS) is 12.5. The molecular formula is C13H27NO2. The van der Waals surface area contributed by atoms with Crippen LogP contribution in [0.4, 0.5) is 0 Å². The molecule has 0 saturated carbocycles. The molecule has 0 aromatic heterocycles. The van der Waals surface area contributed by atoms with Gasteiger partial charge in [0.15, 0.2) is 0 Å². The summed E-state index contributed by atoms with van der Waals surface area (Å²) in [7, 11) is 1.64. The molecule has 0 aliphatic rings. The second-order valence-electron chi connectivity index (χ2n) is 4.43. The first-order chi connectivity index (χ1) is 7.65. The Morgan fingerprint density at radius 2 is 2.00 bits per heavy atom. The van der Waals surface area contributed by atoms with Gasteiger partial charge < -0.3 is 9.64 Å². The van der Waals surface area contributed by atoms with Crippen molar-refractivity contribution in [2.45, 2.75) is 46.5 Å². The van der Waals surface area contributed by atoms with Crippen LogP contribution in [0.3, 0.4) is 0 Å². The molecule has 0 N–H and O–H groups in total. The molecule has 0 aliphatic heterocycles. The number of carbonyl (C=O) groups is 1. The molecule has 0 heterocycles. The number of hydrogen-bond donors (Lipinski definition) is 0. The van der Waals surface area contributed by atoms with E-state index in [4.69, 9.17) is 4.74 Å². The van der Waals surface area contributed by atoms with Gasteiger partial charge >= 0.3 is 0 Å². The lowest BCUT2D eigenvalue weighted by Crippen LogP contribution is -2.34. The van der Waals surface area contributed by atoms with E-state index in [2.05, 4.69) is 20.8 Å². The van der Waals surface area contributed by atoms with E-state index in [1.807, 2.05) is 4.90 Å². The minimum Gasteiger partial charge on any atom is -0.384 e. The number of nitrogens with zero attached hydrogens (tertiary/aromatic N) is 1. The van der Waals surface area contributed by atoms with Gasteiger partial charge in [-0.25, -0.2) is 0 Å². The van der Waals surface area contributed by atoms with Crippen molar-refractivity contribution < 1.29 is 9.53 Å². The number of amides is 1. The third-order valence-electron chi connectivity index (χ3n) is 2.96. The van der Waals surface area contributed by atoms with Crippen molar-refractivity contribution in [1.82, 2.24) is 4.90 Å². The predicted molar refractivity (Wildman–Crippen MR) is 67.4 cm³/mol. The first-order valence-corrected chi connectivity index (χ1v) is 6.42. The third kappa shape index (κ3) is 6.83. The standard InChI is InChI=1S/C13H27NO2/c1-5-9-14(10-7-12(3)6-2)13(15)8-11-16-4/h12H,5-11H2,1-4H3. The number of hydrogen-bond acceptors (Lipinski definition) is 2. The van der Waals surface area contributed by atoms with Gasteiger partial charge in [-0.3, -0.25) is 4.79 Å². The quantitative estimate of drug-likeness (QED) is 0.608. The van der Waals surface area contributed by atoms with Crippen molar-refractivity contribution >= 4 is 5.91 Å². The highest BCUT2D eigenvalue weighted by Crippen LogP contribution is 2.09. The van der Waals surface area contributed by atoms with E-state index >= 15 is 0 Å². The lowest BCUT2D eigenvalue weighted by Gasteiger charge is -2.23. The highest BCUT2D eigenvalue weighted by atomic mass is 16.5. The number of carbonyl (C=O) groups excluding carboxylic acids is 1. The van der Waals surface area contributed by atoms with E-state index in [0.717, 1.165) is 25.9 Å². The Morgan fingerprint density at radius 1 is 1.31 bits per heavy atom. The molecule has 16 heavy (non-hydrogen) atoms. The van der Waals surface area contributed by atoms with E-state index in [1.165, 1.54) is 6.42 Å². The highest BCUT2D eigenvalue weighted by molar-refractivity contribution is 5.76. The van der Waals surface area contributed by atoms with Crippen LogP contribution in [0.15, 0.2) is 0 Å². The van der Waals surface area contributed by atoms with Gasteiger partial charge in [-0.1, -0.05) is 27.2 Å². The van der Waals surface area contributed by atoms with Crippen molar-refractivity contribution in [3.8, 4) is 0 Å². The fraction of sp³-hybridized carbons (Fsp3) is 0.923. The molecule has 1 amide bonds. The molecule has 3 nitrogen and oxygen atoms in total. The monoisotopic (exact) mass is 229 g/mol. The second-order valence-corrected chi connectivity index (χ2v) is 4.43. The van der Waals surface area contributed by atoms with Crippen LogP contribution < -0.4 is 0 Å². The van der Waals surface area contributed by atoms with E-state index in [-0.39, 0.29) is 5.91 Å². The van der Waals surface area contributed by atoms with Crippen molar-refractivity contribution in [3.63, 3.8) is 0 Å². The number of ether oxygens (including phenoxy) is 1. The van der Waals surface area contributed by atoms with Crippen LogP contribution in [0, 0.1) is 5.92 Å². The first-order valence-electron chi connectivity index (χ1n) is 6.42. The summed E-state index contributed by atoms with van der Waals surface area (Å²) in [5.41, 5.74) is 0. The minimum atomic E-state index is 0.229. The molecule has 96 valence electrons. The topological polar surface area (TPSA) is 29.5 Å². The zero-order chi connectivity index (χ0) is 12.4. The average Bonchev–Trinajstić information content (AvgIpc) is 2.30. The Kier molecular flexibility index (Phi) is 9.30. The number of methoxy groups -OCH3 is 1. The molecular weight excluding hydrogens is 202 g/mol. The van der Waals surface area contributed by atoms with E-state index in [0.29, 0.717) is 18.9 Å². The summed E-state index contributed by atoms with van der Waals surface area (Å²) >= 11 is 0. The molecule has 0 aliphatic carbocycles. The average molecular weight is 229 g/mol. The van der Waals surface area contributed by atoms with Gasteiger partial charge in [-0.05, 0) is 18.8 Å². The molecule has 0 aromatic rings. The lowest BCUT2D eigenvalue weighted by atomic mass is 10.0. The fourth-order valence-electron chi connectivity index (χ4n) is 1.56. The van der Waals surface area contributed by atoms with Crippen LogP contribution in [0.2, 0.25) is 0 Å². The molecule has 0 rings (SSSR count). The van der Waals surface area contributed by atoms with Crippen LogP contribution in [0.25, 0.3) is 0 Å². The second kappa shape index (κ2) is 9.64. The number of rotatable bonds is 9. The Bertz CT molecular complexity index is 183. The van der Waals surface area contributed by atoms with Crippen molar-refractivity contribution in [3.05, 3.63) is 0 Å². The van der Waals surface area contributed by atoms with Crippen LogP contribution in [-0.2, 0) is 9.53 Å². The van der Waals surface area contributed by atoms with Crippen LogP contribution in [0.5, 0.6) is 0 Å². The molecule has 3 heteroatoms. The molecule has 0 radical (unpaired) electrons. The van der Waals surface area contributed by atoms with Crippen LogP contribution >= 0.6 is 0 Å². The largest absolute Gasteiger partial charge is 0.384 e. The van der Waals surface area contributed by atoms with Crippen molar-refractivity contribution in [2.75, 3.05) is 26.8 Å².